The fourth-order valence-corrected chi connectivity index (χ4v) is 12.5. The van der Waals surface area contributed by atoms with Crippen LogP contribution in [-0.4, -0.2) is 4.57 Å². The summed E-state index contributed by atoms with van der Waals surface area (Å²) in [5, 5.41) is 2.42. The Bertz CT molecular complexity index is 3670. The van der Waals surface area contributed by atoms with Crippen molar-refractivity contribution in [2.24, 2.45) is 0 Å². The second kappa shape index (κ2) is 15.8. The first kappa shape index (κ1) is 40.1. The van der Waals surface area contributed by atoms with Crippen LogP contribution in [0.2, 0.25) is 0 Å². The number of hydrogen-bond acceptors (Lipinski definition) is 1. The van der Waals surface area contributed by atoms with Crippen molar-refractivity contribution < 1.29 is 0 Å². The molecule has 0 unspecified atom stereocenters. The summed E-state index contributed by atoms with van der Waals surface area (Å²) in [6.07, 6.45) is 0. The van der Waals surface area contributed by atoms with Crippen LogP contribution in [-0.2, 0) is 10.8 Å². The van der Waals surface area contributed by atoms with Gasteiger partial charge in [0.2, 0.25) is 0 Å². The van der Waals surface area contributed by atoms with Crippen molar-refractivity contribution in [3.8, 4) is 27.9 Å². The largest absolute Gasteiger partial charge is 0.310 e. The molecule has 0 radical (unpaired) electrons. The van der Waals surface area contributed by atoms with E-state index in [4.69, 9.17) is 0 Å². The van der Waals surface area contributed by atoms with Crippen LogP contribution >= 0.6 is 0 Å². The highest BCUT2D eigenvalue weighted by atomic mass is 15.1. The van der Waals surface area contributed by atoms with Gasteiger partial charge in [-0.3, -0.25) is 0 Å². The molecule has 0 saturated carbocycles. The zero-order valence-electron chi connectivity index (χ0n) is 38.5. The molecule has 1 heterocycles. The van der Waals surface area contributed by atoms with Gasteiger partial charge in [-0.15, -0.1) is 0 Å². The molecule has 0 spiro atoms. The molecule has 2 aliphatic carbocycles. The molecule has 1 aromatic heterocycles. The van der Waals surface area contributed by atoms with Gasteiger partial charge in [0.1, 0.15) is 0 Å². The predicted molar refractivity (Wildman–Crippen MR) is 290 cm³/mol. The summed E-state index contributed by atoms with van der Waals surface area (Å²) in [7, 11) is 0. The summed E-state index contributed by atoms with van der Waals surface area (Å²) < 4.78 is 2.40. The van der Waals surface area contributed by atoms with E-state index in [1.165, 1.54) is 88.6 Å². The number of fused-ring (bicyclic) bond motifs is 9. The van der Waals surface area contributed by atoms with Gasteiger partial charge in [-0.2, -0.15) is 0 Å². The second-order valence-electron chi connectivity index (χ2n) is 18.7. The van der Waals surface area contributed by atoms with E-state index in [2.05, 4.69) is 289 Å². The van der Waals surface area contributed by atoms with E-state index in [1.807, 2.05) is 0 Å². The van der Waals surface area contributed by atoms with Crippen LogP contribution in [0.25, 0.3) is 49.7 Å². The molecule has 328 valence electrons. The first-order valence-electron chi connectivity index (χ1n) is 24.3. The Kier molecular flexibility index (Phi) is 9.06. The van der Waals surface area contributed by atoms with Crippen LogP contribution in [0.1, 0.15) is 44.5 Å². The third-order valence-electron chi connectivity index (χ3n) is 15.3. The normalized spacial score (nSPS) is 13.7. The Balaban J connectivity index is 1.07. The predicted octanol–water partition coefficient (Wildman–Crippen LogP) is 17.0. The SMILES string of the molecule is c1ccc(-n2c3ccccc3c3cc(N(c4ccc5c(c4)C(c4ccccc4)(c4ccccc4)c4ccccc4-5)c4ccc5c(c4)C(c4ccccc4)(c4ccccc4)c4ccccc4-5)ccc32)cc1. The van der Waals surface area contributed by atoms with Gasteiger partial charge in [-0.1, -0.05) is 218 Å². The Morgan fingerprint density at radius 3 is 1.10 bits per heavy atom. The molecule has 0 fully saturated rings. The minimum absolute atomic E-state index is 0.557. The minimum Gasteiger partial charge on any atom is -0.310 e. The molecule has 0 saturated heterocycles. The van der Waals surface area contributed by atoms with Crippen LogP contribution in [0.15, 0.2) is 279 Å². The summed E-state index contributed by atoms with van der Waals surface area (Å²) in [6.45, 7) is 0. The standard InChI is InChI=1S/C68H46N2/c1-6-22-47(23-7-1)67(48-24-8-2-9-25-48)61-35-19-16-32-55(61)57-41-38-53(45-63(57)67)69(52-40-43-66-60(44-52)59-34-18-21-37-65(59)70(66)51-30-14-5-15-31-51)54-39-42-58-56-33-17-20-36-62(56)68(64(58)46-54,49-26-10-3-11-27-49)50-28-12-4-13-29-50/h1-46H. The van der Waals surface area contributed by atoms with Crippen LogP contribution in [0.4, 0.5) is 17.1 Å². The lowest BCUT2D eigenvalue weighted by Crippen LogP contribution is -2.29. The smallest absolute Gasteiger partial charge is 0.0714 e. The van der Waals surface area contributed by atoms with Crippen LogP contribution in [0.3, 0.4) is 0 Å². The fraction of sp³-hybridized carbons (Fsp3) is 0.0294. The average molecular weight is 891 g/mol. The van der Waals surface area contributed by atoms with Crippen molar-refractivity contribution in [3.05, 3.63) is 324 Å². The summed E-state index contributed by atoms with van der Waals surface area (Å²) in [4.78, 5) is 2.52. The van der Waals surface area contributed by atoms with Gasteiger partial charge in [0.05, 0.1) is 21.9 Å². The lowest BCUT2D eigenvalue weighted by molar-refractivity contribution is 0.767. The van der Waals surface area contributed by atoms with Gasteiger partial charge in [0, 0.05) is 33.5 Å². The summed E-state index contributed by atoms with van der Waals surface area (Å²) in [5.74, 6) is 0. The molecule has 2 nitrogen and oxygen atoms in total. The van der Waals surface area contributed by atoms with E-state index in [1.54, 1.807) is 0 Å². The Hall–Kier alpha value is -8.98. The third-order valence-corrected chi connectivity index (χ3v) is 15.3. The number of hydrogen-bond donors (Lipinski definition) is 0. The lowest BCUT2D eigenvalue weighted by atomic mass is 9.67. The molecule has 11 aromatic carbocycles. The topological polar surface area (TPSA) is 8.17 Å². The number of anilines is 3. The number of rotatable bonds is 8. The molecular weight excluding hydrogens is 845 g/mol. The molecule has 2 aliphatic rings. The number of benzene rings is 11. The van der Waals surface area contributed by atoms with Crippen molar-refractivity contribution in [2.45, 2.75) is 10.8 Å². The van der Waals surface area contributed by atoms with Gasteiger partial charge >= 0.3 is 0 Å². The van der Waals surface area contributed by atoms with Crippen molar-refractivity contribution in [3.63, 3.8) is 0 Å². The van der Waals surface area contributed by atoms with Crippen LogP contribution in [0.5, 0.6) is 0 Å². The van der Waals surface area contributed by atoms with Gasteiger partial charge in [0.25, 0.3) is 0 Å². The first-order valence-corrected chi connectivity index (χ1v) is 24.3. The van der Waals surface area contributed by atoms with Gasteiger partial charge in [0.15, 0.2) is 0 Å². The quantitative estimate of drug-likeness (QED) is 0.148. The molecule has 0 bridgehead atoms. The Morgan fingerprint density at radius 1 is 0.257 bits per heavy atom. The molecule has 0 amide bonds. The van der Waals surface area contributed by atoms with Crippen molar-refractivity contribution in [2.75, 3.05) is 4.90 Å². The third kappa shape index (κ3) is 5.68. The lowest BCUT2D eigenvalue weighted by Gasteiger charge is -2.36. The highest BCUT2D eigenvalue weighted by molar-refractivity contribution is 6.11. The minimum atomic E-state index is -0.557. The van der Waals surface area contributed by atoms with Gasteiger partial charge < -0.3 is 9.47 Å². The molecule has 0 N–H and O–H groups in total. The highest BCUT2D eigenvalue weighted by Gasteiger charge is 2.48. The maximum Gasteiger partial charge on any atom is 0.0714 e. The van der Waals surface area contributed by atoms with E-state index in [0.717, 1.165) is 22.7 Å². The fourth-order valence-electron chi connectivity index (χ4n) is 12.5. The van der Waals surface area contributed by atoms with E-state index < -0.39 is 10.8 Å². The number of aromatic nitrogens is 1. The Labute approximate surface area is 408 Å². The maximum absolute atomic E-state index is 2.52. The number of nitrogens with zero attached hydrogens (tertiary/aromatic N) is 2. The summed E-state index contributed by atoms with van der Waals surface area (Å²) >= 11 is 0. The monoisotopic (exact) mass is 890 g/mol. The van der Waals surface area contributed by atoms with Crippen LogP contribution < -0.4 is 4.90 Å². The maximum atomic E-state index is 2.52. The molecular formula is C68H46N2. The molecule has 2 heteroatoms. The summed E-state index contributed by atoms with van der Waals surface area (Å²) in [5.41, 5.74) is 20.8. The average Bonchev–Trinajstić information content (AvgIpc) is 4.04. The van der Waals surface area contributed by atoms with Gasteiger partial charge in [-0.05, 0) is 127 Å². The first-order chi connectivity index (χ1) is 34.7. The zero-order valence-corrected chi connectivity index (χ0v) is 38.5. The second-order valence-corrected chi connectivity index (χ2v) is 18.7. The van der Waals surface area contributed by atoms with E-state index in [-0.39, 0.29) is 0 Å². The van der Waals surface area contributed by atoms with Gasteiger partial charge in [-0.25, -0.2) is 0 Å². The zero-order chi connectivity index (χ0) is 46.2. The van der Waals surface area contributed by atoms with Crippen molar-refractivity contribution in [1.29, 1.82) is 0 Å². The highest BCUT2D eigenvalue weighted by Crippen LogP contribution is 2.59. The summed E-state index contributed by atoms with van der Waals surface area (Å²) in [6, 6.07) is 104. The van der Waals surface area contributed by atoms with E-state index in [9.17, 15) is 0 Å². The molecule has 12 aromatic rings. The number of para-hydroxylation sites is 2. The van der Waals surface area contributed by atoms with E-state index >= 15 is 0 Å². The molecule has 0 atom stereocenters. The molecule has 0 aliphatic heterocycles. The van der Waals surface area contributed by atoms with Crippen molar-refractivity contribution in [1.82, 2.24) is 4.57 Å². The molecule has 14 rings (SSSR count). The molecule has 70 heavy (non-hydrogen) atoms. The van der Waals surface area contributed by atoms with Crippen molar-refractivity contribution >= 4 is 38.9 Å². The Morgan fingerprint density at radius 2 is 0.614 bits per heavy atom. The van der Waals surface area contributed by atoms with E-state index in [0.29, 0.717) is 0 Å². The van der Waals surface area contributed by atoms with Crippen LogP contribution in [0, 0.1) is 0 Å².